The molecule has 1 aliphatic carbocycles. The topological polar surface area (TPSA) is 115 Å². The molecule has 7 nitrogen and oxygen atoms in total. The van der Waals surface area contributed by atoms with Crippen LogP contribution in [0.25, 0.3) is 0 Å². The fourth-order valence-corrected chi connectivity index (χ4v) is 1.87. The molecule has 0 bridgehead atoms. The van der Waals surface area contributed by atoms with Gasteiger partial charge < -0.3 is 15.4 Å². The summed E-state index contributed by atoms with van der Waals surface area (Å²) >= 11 is 0. The van der Waals surface area contributed by atoms with Gasteiger partial charge in [-0.1, -0.05) is 0 Å². The highest BCUT2D eigenvalue weighted by molar-refractivity contribution is 5.93. The molecule has 1 aliphatic rings. The fourth-order valence-electron chi connectivity index (χ4n) is 1.87. The summed E-state index contributed by atoms with van der Waals surface area (Å²) in [7, 11) is 0. The molecule has 4 N–H and O–H groups in total. The van der Waals surface area contributed by atoms with Crippen molar-refractivity contribution in [2.75, 3.05) is 13.2 Å². The molecule has 1 fully saturated rings. The van der Waals surface area contributed by atoms with Gasteiger partial charge in [-0.15, -0.1) is 0 Å². The van der Waals surface area contributed by atoms with Gasteiger partial charge in [-0.05, 0) is 24.7 Å². The summed E-state index contributed by atoms with van der Waals surface area (Å²) in [5.41, 5.74) is -1.48. The van der Waals surface area contributed by atoms with E-state index in [4.69, 9.17) is 5.11 Å². The first-order valence-corrected chi connectivity index (χ1v) is 5.77. The monoisotopic (exact) mass is 253 g/mol. The molecule has 98 valence electrons. The predicted octanol–water partition coefficient (Wildman–Crippen LogP) is -1.04. The van der Waals surface area contributed by atoms with Gasteiger partial charge in [-0.2, -0.15) is 0 Å². The summed E-state index contributed by atoms with van der Waals surface area (Å²) in [6.07, 6.45) is 3.68. The standard InChI is InChI=1S/C11H15N3O4/c15-4-3-11(1-2-11)6-13-8(16)7-5-12-10(18)14-9(7)17/h5,15H,1-4,6H2,(H,13,16)(H2,12,14,17,18). The van der Waals surface area contributed by atoms with E-state index in [1.54, 1.807) is 0 Å². The zero-order valence-corrected chi connectivity index (χ0v) is 9.78. The van der Waals surface area contributed by atoms with Gasteiger partial charge in [0.1, 0.15) is 5.56 Å². The molecule has 2 rings (SSSR count). The highest BCUT2D eigenvalue weighted by Gasteiger charge is 2.41. The summed E-state index contributed by atoms with van der Waals surface area (Å²) in [5, 5.41) is 11.5. The van der Waals surface area contributed by atoms with Gasteiger partial charge in [-0.3, -0.25) is 14.6 Å². The number of carbonyl (C=O) groups is 1. The zero-order chi connectivity index (χ0) is 13.2. The number of rotatable bonds is 5. The molecule has 7 heteroatoms. The summed E-state index contributed by atoms with van der Waals surface area (Å²) < 4.78 is 0. The molecule has 1 aromatic rings. The van der Waals surface area contributed by atoms with Crippen LogP contribution in [0, 0.1) is 5.41 Å². The van der Waals surface area contributed by atoms with Crippen LogP contribution in [0.2, 0.25) is 0 Å². The third kappa shape index (κ3) is 2.67. The summed E-state index contributed by atoms with van der Waals surface area (Å²) in [4.78, 5) is 38.2. The van der Waals surface area contributed by atoms with E-state index in [0.717, 1.165) is 19.0 Å². The molecule has 0 saturated heterocycles. The van der Waals surface area contributed by atoms with Gasteiger partial charge in [0.05, 0.1) is 0 Å². The third-order valence-corrected chi connectivity index (χ3v) is 3.29. The second-order valence-corrected chi connectivity index (χ2v) is 4.64. The Morgan fingerprint density at radius 1 is 1.44 bits per heavy atom. The van der Waals surface area contributed by atoms with E-state index in [2.05, 4.69) is 10.3 Å². The van der Waals surface area contributed by atoms with Crippen LogP contribution >= 0.6 is 0 Å². The quantitative estimate of drug-likeness (QED) is 0.536. The second-order valence-electron chi connectivity index (χ2n) is 4.64. The number of aliphatic hydroxyl groups excluding tert-OH is 1. The Kier molecular flexibility index (Phi) is 3.33. The van der Waals surface area contributed by atoms with Crippen molar-refractivity contribution in [3.05, 3.63) is 32.6 Å². The molecular formula is C11H15N3O4. The Morgan fingerprint density at radius 2 is 2.17 bits per heavy atom. The minimum Gasteiger partial charge on any atom is -0.396 e. The van der Waals surface area contributed by atoms with Gasteiger partial charge in [0.15, 0.2) is 0 Å². The third-order valence-electron chi connectivity index (χ3n) is 3.29. The van der Waals surface area contributed by atoms with E-state index < -0.39 is 17.2 Å². The highest BCUT2D eigenvalue weighted by atomic mass is 16.3. The lowest BCUT2D eigenvalue weighted by molar-refractivity contribution is 0.0939. The van der Waals surface area contributed by atoms with E-state index in [1.807, 2.05) is 4.98 Å². The van der Waals surface area contributed by atoms with E-state index in [-0.39, 0.29) is 17.6 Å². The largest absolute Gasteiger partial charge is 0.396 e. The molecule has 1 amide bonds. The van der Waals surface area contributed by atoms with Crippen molar-refractivity contribution in [2.24, 2.45) is 5.41 Å². The van der Waals surface area contributed by atoms with Crippen molar-refractivity contribution in [2.45, 2.75) is 19.3 Å². The molecule has 18 heavy (non-hydrogen) atoms. The molecule has 0 aromatic carbocycles. The summed E-state index contributed by atoms with van der Waals surface area (Å²) in [6, 6.07) is 0. The van der Waals surface area contributed by atoms with Crippen LogP contribution in [0.3, 0.4) is 0 Å². The zero-order valence-electron chi connectivity index (χ0n) is 9.78. The Hall–Kier alpha value is -1.89. The average Bonchev–Trinajstić information content (AvgIpc) is 3.07. The Balaban J connectivity index is 2.00. The SMILES string of the molecule is O=C(NCC1(CCO)CC1)c1c[nH]c(=O)[nH]c1=O. The van der Waals surface area contributed by atoms with E-state index >= 15 is 0 Å². The summed E-state index contributed by atoms with van der Waals surface area (Å²) in [5.74, 6) is -0.517. The van der Waals surface area contributed by atoms with Crippen LogP contribution in [0.5, 0.6) is 0 Å². The number of hydrogen-bond donors (Lipinski definition) is 4. The first-order valence-electron chi connectivity index (χ1n) is 5.77. The van der Waals surface area contributed by atoms with Gasteiger partial charge in [0.25, 0.3) is 11.5 Å². The lowest BCUT2D eigenvalue weighted by Crippen LogP contribution is -2.36. The average molecular weight is 253 g/mol. The van der Waals surface area contributed by atoms with E-state index in [1.165, 1.54) is 0 Å². The first-order chi connectivity index (χ1) is 8.56. The maximum atomic E-state index is 11.7. The number of amides is 1. The molecule has 0 spiro atoms. The Bertz CT molecular complexity index is 556. The smallest absolute Gasteiger partial charge is 0.325 e. The Morgan fingerprint density at radius 3 is 2.72 bits per heavy atom. The van der Waals surface area contributed by atoms with Crippen LogP contribution in [-0.2, 0) is 0 Å². The lowest BCUT2D eigenvalue weighted by Gasteiger charge is -2.14. The number of aliphatic hydroxyl groups is 1. The number of H-pyrrole nitrogens is 2. The molecule has 0 unspecified atom stereocenters. The fraction of sp³-hybridized carbons (Fsp3) is 0.545. The molecule has 1 saturated carbocycles. The number of carbonyl (C=O) groups excluding carboxylic acids is 1. The number of aromatic amines is 2. The molecular weight excluding hydrogens is 238 g/mol. The minimum absolute atomic E-state index is 0.0145. The van der Waals surface area contributed by atoms with Crippen LogP contribution in [0.4, 0.5) is 0 Å². The minimum atomic E-state index is -0.705. The van der Waals surface area contributed by atoms with Crippen molar-refractivity contribution in [1.82, 2.24) is 15.3 Å². The maximum absolute atomic E-state index is 11.7. The predicted molar refractivity (Wildman–Crippen MR) is 63.4 cm³/mol. The van der Waals surface area contributed by atoms with Gasteiger partial charge in [0, 0.05) is 19.3 Å². The van der Waals surface area contributed by atoms with Crippen LogP contribution in [0.15, 0.2) is 15.8 Å². The molecule has 0 aliphatic heterocycles. The number of aromatic nitrogens is 2. The maximum Gasteiger partial charge on any atom is 0.325 e. The van der Waals surface area contributed by atoms with Gasteiger partial charge >= 0.3 is 5.69 Å². The van der Waals surface area contributed by atoms with Crippen molar-refractivity contribution < 1.29 is 9.90 Å². The van der Waals surface area contributed by atoms with Crippen molar-refractivity contribution >= 4 is 5.91 Å². The Labute approximate surface area is 102 Å². The lowest BCUT2D eigenvalue weighted by atomic mass is 10.0. The van der Waals surface area contributed by atoms with Crippen LogP contribution in [-0.4, -0.2) is 34.1 Å². The second kappa shape index (κ2) is 4.77. The number of nitrogens with one attached hydrogen (secondary N) is 3. The molecule has 1 heterocycles. The van der Waals surface area contributed by atoms with Gasteiger partial charge in [-0.25, -0.2) is 4.79 Å². The van der Waals surface area contributed by atoms with Crippen LogP contribution in [0.1, 0.15) is 29.6 Å². The van der Waals surface area contributed by atoms with Crippen molar-refractivity contribution in [1.29, 1.82) is 0 Å². The molecule has 1 aromatic heterocycles. The number of hydrogen-bond acceptors (Lipinski definition) is 4. The molecule has 0 atom stereocenters. The summed E-state index contributed by atoms with van der Waals surface area (Å²) in [6.45, 7) is 0.528. The first kappa shape index (κ1) is 12.6. The van der Waals surface area contributed by atoms with E-state index in [9.17, 15) is 14.4 Å². The van der Waals surface area contributed by atoms with E-state index in [0.29, 0.717) is 13.0 Å². The van der Waals surface area contributed by atoms with Crippen molar-refractivity contribution in [3.63, 3.8) is 0 Å². The molecule has 0 radical (unpaired) electrons. The van der Waals surface area contributed by atoms with Crippen LogP contribution < -0.4 is 16.6 Å². The van der Waals surface area contributed by atoms with Crippen molar-refractivity contribution in [3.8, 4) is 0 Å². The van der Waals surface area contributed by atoms with Gasteiger partial charge in [0.2, 0.25) is 0 Å². The highest BCUT2D eigenvalue weighted by Crippen LogP contribution is 2.47. The normalized spacial score (nSPS) is 16.3.